The average Bonchev–Trinajstić information content (AvgIpc) is 2.13. The number of carboxylic acids is 1. The van der Waals surface area contributed by atoms with Crippen molar-refractivity contribution in [1.29, 1.82) is 0 Å². The summed E-state index contributed by atoms with van der Waals surface area (Å²) in [5.74, 6) is -1.25. The summed E-state index contributed by atoms with van der Waals surface area (Å²) in [4.78, 5) is 10.3. The van der Waals surface area contributed by atoms with Gasteiger partial charge in [0.05, 0.1) is 12.2 Å². The molecule has 7 heteroatoms. The predicted molar refractivity (Wildman–Crippen MR) is 66.1 cm³/mol. The molecule has 0 aliphatic rings. The maximum Gasteiger partial charge on any atom is 0.304 e. The predicted octanol–water partition coefficient (Wildman–Crippen LogP) is 0.144. The molecule has 0 bridgehead atoms. The molecule has 6 nitrogen and oxygen atoms in total. The van der Waals surface area contributed by atoms with Crippen molar-refractivity contribution >= 4 is 16.0 Å². The normalized spacial score (nSPS) is 15.8. The lowest BCUT2D eigenvalue weighted by Gasteiger charge is -2.30. The molecule has 17 heavy (non-hydrogen) atoms. The molecule has 4 N–H and O–H groups in total. The Morgan fingerprint density at radius 1 is 1.47 bits per heavy atom. The summed E-state index contributed by atoms with van der Waals surface area (Å²) >= 11 is 0. The molecule has 102 valence electrons. The molecule has 0 saturated carbocycles. The van der Waals surface area contributed by atoms with Gasteiger partial charge >= 0.3 is 5.97 Å². The van der Waals surface area contributed by atoms with Gasteiger partial charge in [0.15, 0.2) is 0 Å². The standard InChI is InChI=1S/C10H22N2O4S/c1-8(2)6-10(3,7-11)12-17(15,16)5-4-9(13)14/h8,12H,4-7,11H2,1-3H3,(H,13,14). The zero-order valence-corrected chi connectivity index (χ0v) is 11.4. The molecule has 0 rings (SSSR count). The van der Waals surface area contributed by atoms with E-state index in [2.05, 4.69) is 4.72 Å². The monoisotopic (exact) mass is 266 g/mol. The lowest BCUT2D eigenvalue weighted by atomic mass is 9.92. The van der Waals surface area contributed by atoms with Crippen LogP contribution in [-0.2, 0) is 14.8 Å². The Kier molecular flexibility index (Phi) is 6.08. The minimum Gasteiger partial charge on any atom is -0.481 e. The van der Waals surface area contributed by atoms with E-state index in [1.54, 1.807) is 6.92 Å². The van der Waals surface area contributed by atoms with E-state index < -0.39 is 33.7 Å². The van der Waals surface area contributed by atoms with E-state index in [1.165, 1.54) is 0 Å². The number of hydrogen-bond donors (Lipinski definition) is 3. The largest absolute Gasteiger partial charge is 0.481 e. The third-order valence-corrected chi connectivity index (χ3v) is 3.84. The minimum atomic E-state index is -3.60. The SMILES string of the molecule is CC(C)CC(C)(CN)NS(=O)(=O)CCC(=O)O. The van der Waals surface area contributed by atoms with E-state index in [-0.39, 0.29) is 6.54 Å². The first-order valence-corrected chi connectivity index (χ1v) is 7.19. The van der Waals surface area contributed by atoms with Gasteiger partial charge in [-0.3, -0.25) is 4.79 Å². The van der Waals surface area contributed by atoms with Gasteiger partial charge in [-0.1, -0.05) is 13.8 Å². The Bertz CT molecular complexity index is 353. The highest BCUT2D eigenvalue weighted by atomic mass is 32.2. The molecule has 0 aromatic carbocycles. The summed E-state index contributed by atoms with van der Waals surface area (Å²) in [5, 5.41) is 8.46. The molecule has 0 amide bonds. The summed E-state index contributed by atoms with van der Waals surface area (Å²) in [6.45, 7) is 5.85. The summed E-state index contributed by atoms with van der Waals surface area (Å²) in [6.07, 6.45) is 0.202. The highest BCUT2D eigenvalue weighted by Crippen LogP contribution is 2.16. The van der Waals surface area contributed by atoms with Crippen molar-refractivity contribution in [2.45, 2.75) is 39.2 Å². The van der Waals surface area contributed by atoms with E-state index in [1.807, 2.05) is 13.8 Å². The fraction of sp³-hybridized carbons (Fsp3) is 0.900. The van der Waals surface area contributed by atoms with Crippen LogP contribution in [0.5, 0.6) is 0 Å². The smallest absolute Gasteiger partial charge is 0.304 e. The van der Waals surface area contributed by atoms with Crippen LogP contribution in [0, 0.1) is 5.92 Å². The maximum atomic E-state index is 11.7. The van der Waals surface area contributed by atoms with Crippen LogP contribution in [0.2, 0.25) is 0 Å². The van der Waals surface area contributed by atoms with Crippen molar-refractivity contribution in [3.8, 4) is 0 Å². The fourth-order valence-electron chi connectivity index (χ4n) is 1.72. The van der Waals surface area contributed by atoms with E-state index in [0.717, 1.165) is 0 Å². The number of rotatable bonds is 8. The topological polar surface area (TPSA) is 109 Å². The van der Waals surface area contributed by atoms with Crippen molar-refractivity contribution in [3.63, 3.8) is 0 Å². The number of aliphatic carboxylic acids is 1. The van der Waals surface area contributed by atoms with Gasteiger partial charge in [-0.05, 0) is 19.3 Å². The van der Waals surface area contributed by atoms with Crippen molar-refractivity contribution in [1.82, 2.24) is 4.72 Å². The number of nitrogens with one attached hydrogen (secondary N) is 1. The number of sulfonamides is 1. The minimum absolute atomic E-state index is 0.178. The molecule has 0 aliphatic carbocycles. The highest BCUT2D eigenvalue weighted by molar-refractivity contribution is 7.89. The second-order valence-corrected chi connectivity index (χ2v) is 6.77. The fourth-order valence-corrected chi connectivity index (χ4v) is 3.18. The van der Waals surface area contributed by atoms with Crippen LogP contribution in [0.4, 0.5) is 0 Å². The number of carboxylic acid groups (broad SMARTS) is 1. The van der Waals surface area contributed by atoms with Crippen LogP contribution in [0.15, 0.2) is 0 Å². The molecule has 0 aromatic heterocycles. The number of hydrogen-bond acceptors (Lipinski definition) is 4. The van der Waals surface area contributed by atoms with Crippen molar-refractivity contribution < 1.29 is 18.3 Å². The van der Waals surface area contributed by atoms with E-state index >= 15 is 0 Å². The number of carbonyl (C=O) groups is 1. The third-order valence-electron chi connectivity index (χ3n) is 2.30. The molecule has 0 spiro atoms. The molecule has 1 atom stereocenters. The zero-order valence-electron chi connectivity index (χ0n) is 10.6. The summed E-state index contributed by atoms with van der Waals surface area (Å²) in [7, 11) is -3.60. The summed E-state index contributed by atoms with van der Waals surface area (Å²) in [5.41, 5.74) is 4.86. The Labute approximate surface area is 103 Å². The van der Waals surface area contributed by atoms with Gasteiger partial charge in [-0.2, -0.15) is 0 Å². The molecule has 1 unspecified atom stereocenters. The molecule has 0 aromatic rings. The quantitative estimate of drug-likeness (QED) is 0.579. The Balaban J connectivity index is 4.60. The van der Waals surface area contributed by atoms with Crippen LogP contribution < -0.4 is 10.5 Å². The molecular formula is C10H22N2O4S. The van der Waals surface area contributed by atoms with Crippen LogP contribution in [0.1, 0.15) is 33.6 Å². The number of nitrogens with two attached hydrogens (primary N) is 1. The lowest BCUT2D eigenvalue weighted by Crippen LogP contribution is -2.52. The van der Waals surface area contributed by atoms with Crippen LogP contribution in [0.3, 0.4) is 0 Å². The second-order valence-electron chi connectivity index (χ2n) is 4.93. The second kappa shape index (κ2) is 6.32. The van der Waals surface area contributed by atoms with Crippen LogP contribution in [-0.4, -0.2) is 37.3 Å². The van der Waals surface area contributed by atoms with Gasteiger partial charge in [0.1, 0.15) is 0 Å². The van der Waals surface area contributed by atoms with Gasteiger partial charge in [0, 0.05) is 12.1 Å². The Morgan fingerprint density at radius 2 is 2.00 bits per heavy atom. The van der Waals surface area contributed by atoms with Crippen molar-refractivity contribution in [2.75, 3.05) is 12.3 Å². The van der Waals surface area contributed by atoms with E-state index in [0.29, 0.717) is 12.3 Å². The van der Waals surface area contributed by atoms with Crippen molar-refractivity contribution in [3.05, 3.63) is 0 Å². The molecule has 0 saturated heterocycles. The van der Waals surface area contributed by atoms with Crippen LogP contribution >= 0.6 is 0 Å². The molecule has 0 radical (unpaired) electrons. The molecule has 0 heterocycles. The first-order chi connectivity index (χ1) is 7.60. The highest BCUT2D eigenvalue weighted by Gasteiger charge is 2.29. The third kappa shape index (κ3) is 7.30. The van der Waals surface area contributed by atoms with Gasteiger partial charge in [0.25, 0.3) is 0 Å². The van der Waals surface area contributed by atoms with Crippen molar-refractivity contribution in [2.24, 2.45) is 11.7 Å². The summed E-state index contributed by atoms with van der Waals surface area (Å²) in [6, 6.07) is 0. The Hall–Kier alpha value is -0.660. The van der Waals surface area contributed by atoms with Gasteiger partial charge < -0.3 is 10.8 Å². The van der Waals surface area contributed by atoms with E-state index in [9.17, 15) is 13.2 Å². The maximum absolute atomic E-state index is 11.7. The summed E-state index contributed by atoms with van der Waals surface area (Å²) < 4.78 is 25.8. The first-order valence-electron chi connectivity index (χ1n) is 5.54. The van der Waals surface area contributed by atoms with Gasteiger partial charge in [0.2, 0.25) is 10.0 Å². The molecule has 0 aliphatic heterocycles. The van der Waals surface area contributed by atoms with Crippen LogP contribution in [0.25, 0.3) is 0 Å². The molecular weight excluding hydrogens is 244 g/mol. The zero-order chi connectivity index (χ0) is 13.7. The first kappa shape index (κ1) is 16.3. The Morgan fingerprint density at radius 3 is 2.35 bits per heavy atom. The van der Waals surface area contributed by atoms with E-state index in [4.69, 9.17) is 10.8 Å². The molecule has 0 fully saturated rings. The average molecular weight is 266 g/mol. The van der Waals surface area contributed by atoms with Gasteiger partial charge in [-0.15, -0.1) is 0 Å². The lowest BCUT2D eigenvalue weighted by molar-refractivity contribution is -0.136. The van der Waals surface area contributed by atoms with Gasteiger partial charge in [-0.25, -0.2) is 13.1 Å².